The smallest absolute Gasteiger partial charge is 0.313 e. The van der Waals surface area contributed by atoms with Gasteiger partial charge in [-0.15, -0.1) is 0 Å². The Morgan fingerprint density at radius 1 is 1.67 bits per heavy atom. The average molecular weight is 126 g/mol. The van der Waals surface area contributed by atoms with E-state index in [9.17, 15) is 4.79 Å². The van der Waals surface area contributed by atoms with Crippen molar-refractivity contribution in [2.24, 2.45) is 5.41 Å². The Morgan fingerprint density at radius 2 is 2.11 bits per heavy atom. The zero-order valence-electron chi connectivity index (χ0n) is 5.48. The number of hydrogen-bond acceptors (Lipinski definition) is 1. The Kier molecular flexibility index (Phi) is 1.12. The van der Waals surface area contributed by atoms with Gasteiger partial charge in [-0.25, -0.2) is 0 Å². The first kappa shape index (κ1) is 6.33. The summed E-state index contributed by atoms with van der Waals surface area (Å²) < 4.78 is 0. The van der Waals surface area contributed by atoms with Gasteiger partial charge in [-0.3, -0.25) is 4.79 Å². The van der Waals surface area contributed by atoms with Gasteiger partial charge in [-0.05, 0) is 19.8 Å². The Balaban J connectivity index is 2.75. The zero-order chi connectivity index (χ0) is 7.07. The Labute approximate surface area is 54.2 Å². The SMILES string of the molecule is C=C(C)C1(C(=O)O)CC1. The van der Waals surface area contributed by atoms with Gasteiger partial charge in [0.15, 0.2) is 0 Å². The van der Waals surface area contributed by atoms with Crippen molar-refractivity contribution in [3.63, 3.8) is 0 Å². The predicted molar refractivity (Wildman–Crippen MR) is 34.1 cm³/mol. The Hall–Kier alpha value is -0.790. The van der Waals surface area contributed by atoms with E-state index in [2.05, 4.69) is 6.58 Å². The topological polar surface area (TPSA) is 37.3 Å². The molecule has 9 heavy (non-hydrogen) atoms. The van der Waals surface area contributed by atoms with Crippen LogP contribution in [0.5, 0.6) is 0 Å². The number of rotatable bonds is 2. The summed E-state index contributed by atoms with van der Waals surface area (Å²) >= 11 is 0. The second kappa shape index (κ2) is 1.59. The van der Waals surface area contributed by atoms with Gasteiger partial charge in [0, 0.05) is 0 Å². The summed E-state index contributed by atoms with van der Waals surface area (Å²) in [4.78, 5) is 10.5. The molecule has 1 fully saturated rings. The maximum atomic E-state index is 10.5. The fourth-order valence-corrected chi connectivity index (χ4v) is 0.948. The molecule has 1 saturated carbocycles. The van der Waals surface area contributed by atoms with Crippen molar-refractivity contribution in [1.82, 2.24) is 0 Å². The van der Waals surface area contributed by atoms with E-state index in [1.807, 2.05) is 0 Å². The van der Waals surface area contributed by atoms with Crippen molar-refractivity contribution >= 4 is 5.97 Å². The van der Waals surface area contributed by atoms with Gasteiger partial charge in [-0.1, -0.05) is 12.2 Å². The van der Waals surface area contributed by atoms with Crippen LogP contribution >= 0.6 is 0 Å². The molecule has 0 radical (unpaired) electrons. The van der Waals surface area contributed by atoms with Crippen molar-refractivity contribution in [3.05, 3.63) is 12.2 Å². The lowest BCUT2D eigenvalue weighted by atomic mass is 10.00. The Bertz CT molecular complexity index is 150. The normalized spacial score (nSPS) is 21.0. The molecule has 0 unspecified atom stereocenters. The minimum atomic E-state index is -0.713. The van der Waals surface area contributed by atoms with Gasteiger partial charge in [-0.2, -0.15) is 0 Å². The highest BCUT2D eigenvalue weighted by atomic mass is 16.4. The van der Waals surface area contributed by atoms with Crippen LogP contribution in [0.25, 0.3) is 0 Å². The largest absolute Gasteiger partial charge is 0.481 e. The van der Waals surface area contributed by atoms with Crippen molar-refractivity contribution in [2.45, 2.75) is 19.8 Å². The lowest BCUT2D eigenvalue weighted by Crippen LogP contribution is -2.14. The van der Waals surface area contributed by atoms with Gasteiger partial charge in [0.1, 0.15) is 0 Å². The molecule has 0 aliphatic heterocycles. The molecule has 0 aromatic heterocycles. The third kappa shape index (κ3) is 0.745. The van der Waals surface area contributed by atoms with Crippen LogP contribution in [0, 0.1) is 5.41 Å². The first-order valence-electron chi connectivity index (χ1n) is 2.99. The van der Waals surface area contributed by atoms with Gasteiger partial charge >= 0.3 is 5.97 Å². The maximum absolute atomic E-state index is 10.5. The fourth-order valence-electron chi connectivity index (χ4n) is 0.948. The van der Waals surface area contributed by atoms with Crippen LogP contribution in [-0.2, 0) is 4.79 Å². The molecule has 1 N–H and O–H groups in total. The zero-order valence-corrected chi connectivity index (χ0v) is 5.48. The third-order valence-electron chi connectivity index (χ3n) is 1.98. The van der Waals surface area contributed by atoms with Crippen molar-refractivity contribution in [3.8, 4) is 0 Å². The summed E-state index contributed by atoms with van der Waals surface area (Å²) in [6.45, 7) is 5.41. The van der Waals surface area contributed by atoms with Crippen LogP contribution in [0.1, 0.15) is 19.8 Å². The lowest BCUT2D eigenvalue weighted by Gasteiger charge is -2.06. The highest BCUT2D eigenvalue weighted by molar-refractivity contribution is 5.81. The second-order valence-electron chi connectivity index (χ2n) is 2.67. The maximum Gasteiger partial charge on any atom is 0.313 e. The van der Waals surface area contributed by atoms with E-state index in [1.165, 1.54) is 0 Å². The highest BCUT2D eigenvalue weighted by Crippen LogP contribution is 2.51. The predicted octanol–water partition coefficient (Wildman–Crippen LogP) is 1.43. The average Bonchev–Trinajstić information content (AvgIpc) is 2.40. The molecule has 0 bridgehead atoms. The molecular formula is C7H10O2. The Morgan fingerprint density at radius 3 is 2.11 bits per heavy atom. The summed E-state index contributed by atoms with van der Waals surface area (Å²) in [6, 6.07) is 0. The molecule has 2 heteroatoms. The first-order valence-corrected chi connectivity index (χ1v) is 2.99. The quantitative estimate of drug-likeness (QED) is 0.568. The molecule has 0 atom stereocenters. The summed E-state index contributed by atoms with van der Waals surface area (Å²) in [6.07, 6.45) is 1.55. The summed E-state index contributed by atoms with van der Waals surface area (Å²) in [5.41, 5.74) is 0.259. The standard InChI is InChI=1S/C7H10O2/c1-5(2)7(3-4-7)6(8)9/h1,3-4H2,2H3,(H,8,9). The lowest BCUT2D eigenvalue weighted by molar-refractivity contribution is -0.141. The molecule has 0 heterocycles. The number of aliphatic carboxylic acids is 1. The molecule has 0 aromatic rings. The van der Waals surface area contributed by atoms with Crippen molar-refractivity contribution in [2.75, 3.05) is 0 Å². The van der Waals surface area contributed by atoms with Crippen LogP contribution in [0.2, 0.25) is 0 Å². The molecule has 0 aromatic carbocycles. The molecule has 0 saturated heterocycles. The molecule has 0 spiro atoms. The van der Waals surface area contributed by atoms with Gasteiger partial charge in [0.05, 0.1) is 5.41 Å². The van der Waals surface area contributed by atoms with Crippen LogP contribution in [0.4, 0.5) is 0 Å². The highest BCUT2D eigenvalue weighted by Gasteiger charge is 2.50. The van der Waals surface area contributed by atoms with E-state index in [4.69, 9.17) is 5.11 Å². The molecule has 0 amide bonds. The van der Waals surface area contributed by atoms with Crippen LogP contribution < -0.4 is 0 Å². The van der Waals surface area contributed by atoms with Gasteiger partial charge in [0.25, 0.3) is 0 Å². The minimum absolute atomic E-state index is 0.528. The van der Waals surface area contributed by atoms with E-state index < -0.39 is 11.4 Å². The van der Waals surface area contributed by atoms with Crippen molar-refractivity contribution in [1.29, 1.82) is 0 Å². The van der Waals surface area contributed by atoms with Crippen LogP contribution in [0.15, 0.2) is 12.2 Å². The number of carboxylic acids is 1. The van der Waals surface area contributed by atoms with Crippen LogP contribution in [0.3, 0.4) is 0 Å². The van der Waals surface area contributed by atoms with E-state index in [1.54, 1.807) is 6.92 Å². The fraction of sp³-hybridized carbons (Fsp3) is 0.571. The van der Waals surface area contributed by atoms with Gasteiger partial charge in [0.2, 0.25) is 0 Å². The molecule has 1 rings (SSSR count). The van der Waals surface area contributed by atoms with Crippen LogP contribution in [-0.4, -0.2) is 11.1 Å². The number of hydrogen-bond donors (Lipinski definition) is 1. The monoisotopic (exact) mass is 126 g/mol. The molecule has 1 aliphatic carbocycles. The number of carboxylic acid groups (broad SMARTS) is 1. The van der Waals surface area contributed by atoms with Crippen molar-refractivity contribution < 1.29 is 9.90 Å². The molecule has 50 valence electrons. The summed E-state index contributed by atoms with van der Waals surface area (Å²) in [7, 11) is 0. The first-order chi connectivity index (χ1) is 4.09. The minimum Gasteiger partial charge on any atom is -0.481 e. The molecular weight excluding hydrogens is 116 g/mol. The summed E-state index contributed by atoms with van der Waals surface area (Å²) in [5.74, 6) is -0.713. The van der Waals surface area contributed by atoms with E-state index >= 15 is 0 Å². The molecule has 2 nitrogen and oxygen atoms in total. The summed E-state index contributed by atoms with van der Waals surface area (Å²) in [5, 5.41) is 8.61. The second-order valence-corrected chi connectivity index (χ2v) is 2.67. The van der Waals surface area contributed by atoms with E-state index in [-0.39, 0.29) is 0 Å². The van der Waals surface area contributed by atoms with Gasteiger partial charge < -0.3 is 5.11 Å². The van der Waals surface area contributed by atoms with E-state index in [0.29, 0.717) is 0 Å². The number of carbonyl (C=O) groups is 1. The third-order valence-corrected chi connectivity index (χ3v) is 1.98. The molecule has 1 aliphatic rings. The van der Waals surface area contributed by atoms with E-state index in [0.717, 1.165) is 18.4 Å².